The van der Waals surface area contributed by atoms with Gasteiger partial charge in [0.05, 0.1) is 12.4 Å². The Morgan fingerprint density at radius 1 is 1.37 bits per heavy atom. The molecule has 0 aliphatic carbocycles. The van der Waals surface area contributed by atoms with Gasteiger partial charge in [-0.3, -0.25) is 4.57 Å². The van der Waals surface area contributed by atoms with E-state index in [-0.39, 0.29) is 6.04 Å². The fourth-order valence-electron chi connectivity index (χ4n) is 2.34. The third kappa shape index (κ3) is 1.95. The lowest BCUT2D eigenvalue weighted by molar-refractivity contribution is 0.477. The summed E-state index contributed by atoms with van der Waals surface area (Å²) in [5, 5.41) is 0. The summed E-state index contributed by atoms with van der Waals surface area (Å²) in [6.07, 6.45) is 7.29. The second kappa shape index (κ2) is 4.38. The molecule has 0 fully saturated rings. The largest absolute Gasteiger partial charge is 0.369 e. The number of nitrogens with zero attached hydrogens (tertiary/aromatic N) is 5. The number of fused-ring (bicyclic) bond motifs is 1. The Morgan fingerprint density at radius 2 is 2.21 bits per heavy atom. The van der Waals surface area contributed by atoms with E-state index >= 15 is 0 Å². The number of rotatable bonds is 3. The average Bonchev–Trinajstić information content (AvgIpc) is 2.96. The molecule has 0 amide bonds. The minimum absolute atomic E-state index is 0.161. The molecule has 3 heterocycles. The van der Waals surface area contributed by atoms with Gasteiger partial charge in [-0.2, -0.15) is 0 Å². The predicted molar refractivity (Wildman–Crippen MR) is 73.6 cm³/mol. The van der Waals surface area contributed by atoms with Gasteiger partial charge < -0.3 is 10.3 Å². The Hall–Kier alpha value is -2.37. The van der Waals surface area contributed by atoms with E-state index in [0.29, 0.717) is 5.95 Å². The van der Waals surface area contributed by atoms with E-state index in [1.54, 1.807) is 18.7 Å². The molecule has 98 valence electrons. The Labute approximate surface area is 110 Å². The SMILES string of the molecule is Cc1ccnc2c1nc(N)n2C(C)Cn1ccnc1. The lowest BCUT2D eigenvalue weighted by atomic mass is 10.2. The van der Waals surface area contributed by atoms with Gasteiger partial charge in [-0.05, 0) is 25.5 Å². The summed E-state index contributed by atoms with van der Waals surface area (Å²) in [4.78, 5) is 12.9. The summed E-state index contributed by atoms with van der Waals surface area (Å²) in [6.45, 7) is 4.90. The van der Waals surface area contributed by atoms with E-state index in [2.05, 4.69) is 21.9 Å². The Kier molecular flexibility index (Phi) is 2.70. The first-order chi connectivity index (χ1) is 9.16. The molecule has 0 spiro atoms. The van der Waals surface area contributed by atoms with Crippen molar-refractivity contribution in [3.63, 3.8) is 0 Å². The van der Waals surface area contributed by atoms with Gasteiger partial charge in [0, 0.05) is 25.1 Å². The molecule has 6 nitrogen and oxygen atoms in total. The van der Waals surface area contributed by atoms with E-state index in [4.69, 9.17) is 5.73 Å². The number of anilines is 1. The Balaban J connectivity index is 2.04. The van der Waals surface area contributed by atoms with Gasteiger partial charge in [-0.15, -0.1) is 0 Å². The number of aromatic nitrogens is 5. The van der Waals surface area contributed by atoms with Gasteiger partial charge in [0.1, 0.15) is 5.52 Å². The number of imidazole rings is 2. The van der Waals surface area contributed by atoms with Crippen molar-refractivity contribution in [2.75, 3.05) is 5.73 Å². The topological polar surface area (TPSA) is 74.5 Å². The zero-order valence-electron chi connectivity index (χ0n) is 11.0. The zero-order valence-corrected chi connectivity index (χ0v) is 11.0. The van der Waals surface area contributed by atoms with Crippen molar-refractivity contribution >= 4 is 17.1 Å². The van der Waals surface area contributed by atoms with Crippen LogP contribution in [0, 0.1) is 6.92 Å². The molecule has 2 N–H and O–H groups in total. The van der Waals surface area contributed by atoms with Gasteiger partial charge in [0.25, 0.3) is 0 Å². The van der Waals surface area contributed by atoms with Crippen LogP contribution in [0.2, 0.25) is 0 Å². The minimum Gasteiger partial charge on any atom is -0.369 e. The highest BCUT2D eigenvalue weighted by Gasteiger charge is 2.16. The molecule has 3 aromatic heterocycles. The molecule has 0 saturated carbocycles. The summed E-state index contributed by atoms with van der Waals surface area (Å²) >= 11 is 0. The van der Waals surface area contributed by atoms with E-state index in [1.165, 1.54) is 0 Å². The average molecular weight is 256 g/mol. The van der Waals surface area contributed by atoms with Crippen molar-refractivity contribution in [1.82, 2.24) is 24.1 Å². The van der Waals surface area contributed by atoms with E-state index in [0.717, 1.165) is 23.3 Å². The first-order valence-electron chi connectivity index (χ1n) is 6.21. The van der Waals surface area contributed by atoms with Crippen LogP contribution in [0.1, 0.15) is 18.5 Å². The maximum Gasteiger partial charge on any atom is 0.202 e. The smallest absolute Gasteiger partial charge is 0.202 e. The van der Waals surface area contributed by atoms with Crippen LogP contribution in [0.15, 0.2) is 31.0 Å². The van der Waals surface area contributed by atoms with Gasteiger partial charge in [-0.25, -0.2) is 15.0 Å². The summed E-state index contributed by atoms with van der Waals surface area (Å²) in [5.41, 5.74) is 8.84. The highest BCUT2D eigenvalue weighted by atomic mass is 15.2. The molecule has 19 heavy (non-hydrogen) atoms. The van der Waals surface area contributed by atoms with Crippen LogP contribution < -0.4 is 5.73 Å². The normalized spacial score (nSPS) is 12.9. The van der Waals surface area contributed by atoms with Gasteiger partial charge in [0.2, 0.25) is 5.95 Å². The third-order valence-corrected chi connectivity index (χ3v) is 3.28. The second-order valence-electron chi connectivity index (χ2n) is 4.75. The first kappa shape index (κ1) is 11.7. The molecule has 0 radical (unpaired) electrons. The van der Waals surface area contributed by atoms with Crippen LogP contribution in [-0.2, 0) is 6.54 Å². The number of pyridine rings is 1. The van der Waals surface area contributed by atoms with Crippen LogP contribution in [0.3, 0.4) is 0 Å². The van der Waals surface area contributed by atoms with Crippen molar-refractivity contribution in [2.24, 2.45) is 0 Å². The van der Waals surface area contributed by atoms with E-state index < -0.39 is 0 Å². The van der Waals surface area contributed by atoms with E-state index in [1.807, 2.05) is 28.3 Å². The maximum atomic E-state index is 6.04. The van der Waals surface area contributed by atoms with Gasteiger partial charge >= 0.3 is 0 Å². The summed E-state index contributed by atoms with van der Waals surface area (Å²) < 4.78 is 3.99. The fraction of sp³-hybridized carbons (Fsp3) is 0.308. The fourth-order valence-corrected chi connectivity index (χ4v) is 2.34. The number of nitrogens with two attached hydrogens (primary N) is 1. The first-order valence-corrected chi connectivity index (χ1v) is 6.21. The van der Waals surface area contributed by atoms with Crippen LogP contribution in [0.5, 0.6) is 0 Å². The Morgan fingerprint density at radius 3 is 2.95 bits per heavy atom. The van der Waals surface area contributed by atoms with Gasteiger partial charge in [0.15, 0.2) is 5.65 Å². The number of nitrogen functional groups attached to an aromatic ring is 1. The summed E-state index contributed by atoms with van der Waals surface area (Å²) in [7, 11) is 0. The molecule has 1 atom stereocenters. The van der Waals surface area contributed by atoms with Gasteiger partial charge in [-0.1, -0.05) is 0 Å². The van der Waals surface area contributed by atoms with Crippen molar-refractivity contribution < 1.29 is 0 Å². The molecule has 3 aromatic rings. The highest BCUT2D eigenvalue weighted by Crippen LogP contribution is 2.23. The molecule has 0 aromatic carbocycles. The predicted octanol–water partition coefficient (Wildman–Crippen LogP) is 1.78. The molecule has 0 aliphatic heterocycles. The Bertz CT molecular complexity index is 697. The van der Waals surface area contributed by atoms with Crippen LogP contribution in [0.4, 0.5) is 5.95 Å². The zero-order chi connectivity index (χ0) is 13.4. The lowest BCUT2D eigenvalue weighted by Crippen LogP contribution is -2.14. The van der Waals surface area contributed by atoms with Crippen molar-refractivity contribution in [3.8, 4) is 0 Å². The van der Waals surface area contributed by atoms with Crippen LogP contribution in [0.25, 0.3) is 11.2 Å². The van der Waals surface area contributed by atoms with Crippen LogP contribution >= 0.6 is 0 Å². The molecule has 6 heteroatoms. The molecular formula is C13H16N6. The molecule has 0 bridgehead atoms. The lowest BCUT2D eigenvalue weighted by Gasteiger charge is -2.15. The van der Waals surface area contributed by atoms with Crippen molar-refractivity contribution in [2.45, 2.75) is 26.4 Å². The monoisotopic (exact) mass is 256 g/mol. The maximum absolute atomic E-state index is 6.04. The number of hydrogen-bond acceptors (Lipinski definition) is 4. The number of aryl methyl sites for hydroxylation is 1. The van der Waals surface area contributed by atoms with E-state index in [9.17, 15) is 0 Å². The molecule has 0 aliphatic rings. The summed E-state index contributed by atoms with van der Waals surface area (Å²) in [5.74, 6) is 0.504. The highest BCUT2D eigenvalue weighted by molar-refractivity contribution is 5.77. The minimum atomic E-state index is 0.161. The molecule has 0 saturated heterocycles. The summed E-state index contributed by atoms with van der Waals surface area (Å²) in [6, 6.07) is 2.10. The molecule has 3 rings (SSSR count). The quantitative estimate of drug-likeness (QED) is 0.775. The molecule has 1 unspecified atom stereocenters. The second-order valence-corrected chi connectivity index (χ2v) is 4.75. The third-order valence-electron chi connectivity index (χ3n) is 3.28. The number of hydrogen-bond donors (Lipinski definition) is 1. The van der Waals surface area contributed by atoms with Crippen molar-refractivity contribution in [1.29, 1.82) is 0 Å². The van der Waals surface area contributed by atoms with Crippen LogP contribution in [-0.4, -0.2) is 24.1 Å². The van der Waals surface area contributed by atoms with Crippen molar-refractivity contribution in [3.05, 3.63) is 36.5 Å². The standard InChI is InChI=1S/C13H16N6/c1-9-3-4-16-12-11(9)17-13(14)19(12)10(2)7-18-6-5-15-8-18/h3-6,8,10H,7H2,1-2H3,(H2,14,17). The molecular weight excluding hydrogens is 240 g/mol.